The molecule has 6 heteroatoms. The van der Waals surface area contributed by atoms with Crippen LogP contribution in [-0.2, 0) is 11.3 Å². The monoisotopic (exact) mass is 268 g/mol. The fourth-order valence-electron chi connectivity index (χ4n) is 1.91. The topological polar surface area (TPSA) is 59.0 Å². The molecule has 18 heavy (non-hydrogen) atoms. The first-order chi connectivity index (χ1) is 8.86. The predicted octanol–water partition coefficient (Wildman–Crippen LogP) is 0.484. The number of thioether (sulfide) groups is 1. The van der Waals surface area contributed by atoms with Gasteiger partial charge in [-0.05, 0) is 12.8 Å². The fourth-order valence-corrected chi connectivity index (χ4v) is 2.84. The van der Waals surface area contributed by atoms with E-state index < -0.39 is 0 Å². The standard InChI is InChI=1S/C12H20N4OS/c17-12(11-9-18-8-5-14-11)15-3-1-2-6-16-7-4-13-10-16/h4,7,10-11,14H,1-3,5-6,8-9H2,(H,15,17). The average molecular weight is 268 g/mol. The van der Waals surface area contributed by atoms with Crippen molar-refractivity contribution in [3.63, 3.8) is 0 Å². The highest BCUT2D eigenvalue weighted by Crippen LogP contribution is 2.07. The van der Waals surface area contributed by atoms with Crippen molar-refractivity contribution >= 4 is 17.7 Å². The predicted molar refractivity (Wildman–Crippen MR) is 73.6 cm³/mol. The molecule has 0 radical (unpaired) electrons. The first kappa shape index (κ1) is 13.4. The van der Waals surface area contributed by atoms with E-state index in [1.54, 1.807) is 6.20 Å². The number of hydrogen-bond donors (Lipinski definition) is 2. The fraction of sp³-hybridized carbons (Fsp3) is 0.667. The van der Waals surface area contributed by atoms with E-state index in [9.17, 15) is 4.79 Å². The van der Waals surface area contributed by atoms with Crippen LogP contribution in [0.3, 0.4) is 0 Å². The largest absolute Gasteiger partial charge is 0.355 e. The molecule has 1 fully saturated rings. The molecule has 5 nitrogen and oxygen atoms in total. The molecule has 1 aliphatic heterocycles. The van der Waals surface area contributed by atoms with E-state index in [1.165, 1.54) is 0 Å². The highest BCUT2D eigenvalue weighted by atomic mass is 32.2. The van der Waals surface area contributed by atoms with Gasteiger partial charge in [-0.1, -0.05) is 0 Å². The van der Waals surface area contributed by atoms with Gasteiger partial charge < -0.3 is 15.2 Å². The summed E-state index contributed by atoms with van der Waals surface area (Å²) < 4.78 is 2.06. The molecule has 1 atom stereocenters. The number of carbonyl (C=O) groups is 1. The summed E-state index contributed by atoms with van der Waals surface area (Å²) in [4.78, 5) is 15.8. The lowest BCUT2D eigenvalue weighted by molar-refractivity contribution is -0.122. The van der Waals surface area contributed by atoms with Gasteiger partial charge in [0.15, 0.2) is 0 Å². The first-order valence-electron chi connectivity index (χ1n) is 6.41. The minimum absolute atomic E-state index is 0.00241. The van der Waals surface area contributed by atoms with Crippen molar-refractivity contribution in [3.05, 3.63) is 18.7 Å². The molecule has 1 aromatic rings. The highest BCUT2D eigenvalue weighted by Gasteiger charge is 2.19. The number of aromatic nitrogens is 2. The van der Waals surface area contributed by atoms with Gasteiger partial charge in [0, 0.05) is 43.5 Å². The van der Waals surface area contributed by atoms with Crippen LogP contribution in [0, 0.1) is 0 Å². The summed E-state index contributed by atoms with van der Waals surface area (Å²) in [6.07, 6.45) is 7.63. The van der Waals surface area contributed by atoms with Crippen molar-refractivity contribution in [1.82, 2.24) is 20.2 Å². The van der Waals surface area contributed by atoms with Gasteiger partial charge in [0.2, 0.25) is 5.91 Å². The van der Waals surface area contributed by atoms with E-state index in [1.807, 2.05) is 24.3 Å². The molecule has 0 aromatic carbocycles. The van der Waals surface area contributed by atoms with Crippen LogP contribution in [-0.4, -0.2) is 46.1 Å². The molecule has 100 valence electrons. The Kier molecular flexibility index (Phi) is 5.54. The van der Waals surface area contributed by atoms with Gasteiger partial charge in [0.05, 0.1) is 12.4 Å². The Labute approximate surface area is 112 Å². The van der Waals surface area contributed by atoms with Crippen molar-refractivity contribution in [2.75, 3.05) is 24.6 Å². The van der Waals surface area contributed by atoms with Gasteiger partial charge in [-0.3, -0.25) is 4.79 Å². The molecule has 1 saturated heterocycles. The summed E-state index contributed by atoms with van der Waals surface area (Å²) >= 11 is 1.84. The maximum absolute atomic E-state index is 11.8. The lowest BCUT2D eigenvalue weighted by Gasteiger charge is -2.22. The normalized spacial score (nSPS) is 19.7. The summed E-state index contributed by atoms with van der Waals surface area (Å²) in [5.74, 6) is 2.14. The van der Waals surface area contributed by atoms with Crippen molar-refractivity contribution in [1.29, 1.82) is 0 Å². The molecular weight excluding hydrogens is 248 g/mol. The van der Waals surface area contributed by atoms with E-state index >= 15 is 0 Å². The number of aryl methyl sites for hydroxylation is 1. The van der Waals surface area contributed by atoms with Crippen molar-refractivity contribution in [2.24, 2.45) is 0 Å². The summed E-state index contributed by atoms with van der Waals surface area (Å²) in [7, 11) is 0. The zero-order chi connectivity index (χ0) is 12.6. The van der Waals surface area contributed by atoms with E-state index in [2.05, 4.69) is 20.2 Å². The zero-order valence-electron chi connectivity index (χ0n) is 10.5. The van der Waals surface area contributed by atoms with Gasteiger partial charge in [-0.15, -0.1) is 0 Å². The molecule has 0 saturated carbocycles. The molecule has 1 aliphatic rings. The Morgan fingerprint density at radius 2 is 2.50 bits per heavy atom. The third-order valence-electron chi connectivity index (χ3n) is 2.94. The highest BCUT2D eigenvalue weighted by molar-refractivity contribution is 7.99. The van der Waals surface area contributed by atoms with Crippen LogP contribution in [0.1, 0.15) is 12.8 Å². The van der Waals surface area contributed by atoms with Crippen LogP contribution in [0.2, 0.25) is 0 Å². The molecular formula is C12H20N4OS. The zero-order valence-corrected chi connectivity index (χ0v) is 11.3. The van der Waals surface area contributed by atoms with Crippen molar-refractivity contribution < 1.29 is 4.79 Å². The molecule has 1 aromatic heterocycles. The SMILES string of the molecule is O=C(NCCCCn1ccnc1)C1CSCCN1. The minimum Gasteiger partial charge on any atom is -0.355 e. The Bertz CT molecular complexity index is 349. The molecule has 1 unspecified atom stereocenters. The van der Waals surface area contributed by atoms with Crippen molar-refractivity contribution in [2.45, 2.75) is 25.4 Å². The molecule has 2 heterocycles. The number of imidazole rings is 1. The number of nitrogens with one attached hydrogen (secondary N) is 2. The summed E-state index contributed by atoms with van der Waals surface area (Å²) in [6.45, 7) is 2.66. The maximum Gasteiger partial charge on any atom is 0.237 e. The van der Waals surface area contributed by atoms with E-state index in [0.717, 1.165) is 44.0 Å². The number of rotatable bonds is 6. The Morgan fingerprint density at radius 1 is 1.56 bits per heavy atom. The summed E-state index contributed by atoms with van der Waals surface area (Å²) in [6, 6.07) is -0.00241. The van der Waals surface area contributed by atoms with E-state index in [-0.39, 0.29) is 11.9 Å². The van der Waals surface area contributed by atoms with E-state index in [4.69, 9.17) is 0 Å². The van der Waals surface area contributed by atoms with Crippen LogP contribution < -0.4 is 10.6 Å². The molecule has 0 spiro atoms. The second-order valence-electron chi connectivity index (χ2n) is 4.38. The number of hydrogen-bond acceptors (Lipinski definition) is 4. The van der Waals surface area contributed by atoms with Gasteiger partial charge in [-0.25, -0.2) is 4.98 Å². The van der Waals surface area contributed by atoms with Crippen LogP contribution in [0.5, 0.6) is 0 Å². The molecule has 1 amide bonds. The Morgan fingerprint density at radius 3 is 3.22 bits per heavy atom. The molecule has 2 N–H and O–H groups in total. The number of carbonyl (C=O) groups excluding carboxylic acids is 1. The van der Waals surface area contributed by atoms with Gasteiger partial charge >= 0.3 is 0 Å². The average Bonchev–Trinajstić information content (AvgIpc) is 2.92. The third-order valence-corrected chi connectivity index (χ3v) is 4.00. The maximum atomic E-state index is 11.8. The number of amides is 1. The first-order valence-corrected chi connectivity index (χ1v) is 7.56. The smallest absolute Gasteiger partial charge is 0.237 e. The lowest BCUT2D eigenvalue weighted by Crippen LogP contribution is -2.49. The molecule has 0 aliphatic carbocycles. The van der Waals surface area contributed by atoms with Gasteiger partial charge in [-0.2, -0.15) is 11.8 Å². The van der Waals surface area contributed by atoms with Crippen LogP contribution in [0.4, 0.5) is 0 Å². The lowest BCUT2D eigenvalue weighted by atomic mass is 10.2. The Hall–Kier alpha value is -1.01. The van der Waals surface area contributed by atoms with Crippen LogP contribution in [0.25, 0.3) is 0 Å². The number of nitrogens with zero attached hydrogens (tertiary/aromatic N) is 2. The van der Waals surface area contributed by atoms with Crippen LogP contribution in [0.15, 0.2) is 18.7 Å². The molecule has 2 rings (SSSR count). The second kappa shape index (κ2) is 7.43. The van der Waals surface area contributed by atoms with Gasteiger partial charge in [0.1, 0.15) is 0 Å². The number of unbranched alkanes of at least 4 members (excludes halogenated alkanes) is 1. The minimum atomic E-state index is -0.00241. The molecule has 0 bridgehead atoms. The van der Waals surface area contributed by atoms with Crippen LogP contribution >= 0.6 is 11.8 Å². The second-order valence-corrected chi connectivity index (χ2v) is 5.53. The summed E-state index contributed by atoms with van der Waals surface area (Å²) in [5, 5.41) is 6.23. The van der Waals surface area contributed by atoms with Gasteiger partial charge in [0.25, 0.3) is 0 Å². The summed E-state index contributed by atoms with van der Waals surface area (Å²) in [5.41, 5.74) is 0. The van der Waals surface area contributed by atoms with E-state index in [0.29, 0.717) is 0 Å². The quantitative estimate of drug-likeness (QED) is 0.737. The third kappa shape index (κ3) is 4.34. The Balaban J connectivity index is 1.53. The van der Waals surface area contributed by atoms with Crippen molar-refractivity contribution in [3.8, 4) is 0 Å².